The number of carboxylic acids is 1. The number of benzene rings is 4. The molecule has 0 fully saturated rings. The molecule has 4 aromatic carbocycles. The molecule has 0 saturated carbocycles. The number of nitrogens with zero attached hydrogens (tertiary/aromatic N) is 6. The number of hydrogen-bond donors (Lipinski definition) is 5. The van der Waals surface area contributed by atoms with Crippen LogP contribution in [0.3, 0.4) is 0 Å². The fourth-order valence-electron chi connectivity index (χ4n) is 6.66. The maximum atomic E-state index is 14.6. The van der Waals surface area contributed by atoms with Crippen molar-refractivity contribution in [3.63, 3.8) is 0 Å². The third-order valence-corrected chi connectivity index (χ3v) is 9.74. The molecule has 4 heterocycles. The minimum Gasteiger partial charge on any atom is -0.870 e. The molecule has 0 aliphatic heterocycles. The number of fused-ring (bicyclic) bond motifs is 2. The van der Waals surface area contributed by atoms with Crippen LogP contribution in [0.25, 0.3) is 33.8 Å². The van der Waals surface area contributed by atoms with Crippen molar-refractivity contribution in [1.29, 1.82) is 0 Å². The van der Waals surface area contributed by atoms with Crippen molar-refractivity contribution in [3.05, 3.63) is 167 Å². The van der Waals surface area contributed by atoms with Gasteiger partial charge in [-0.3, -0.25) is 19.2 Å². The third kappa shape index (κ3) is 11.5. The Hall–Kier alpha value is -7.26. The monoisotopic (exact) mass is 906 g/mol. The van der Waals surface area contributed by atoms with E-state index in [1.165, 1.54) is 21.2 Å². The van der Waals surface area contributed by atoms with Gasteiger partial charge in [0.2, 0.25) is 0 Å². The fourth-order valence-corrected chi connectivity index (χ4v) is 6.66. The number of esters is 1. The molecule has 0 aliphatic rings. The van der Waals surface area contributed by atoms with Crippen LogP contribution in [0.15, 0.2) is 122 Å². The summed E-state index contributed by atoms with van der Waals surface area (Å²) in [6, 6.07) is 29.1. The summed E-state index contributed by atoms with van der Waals surface area (Å²) in [5.41, 5.74) is 15.9. The minimum atomic E-state index is -1.02. The Balaban J connectivity index is 0.000000241. The third-order valence-electron chi connectivity index (χ3n) is 9.74. The number of nitrogens with two attached hydrogens (primary N) is 2. The molecule has 4 aromatic heterocycles. The van der Waals surface area contributed by atoms with Crippen molar-refractivity contribution in [1.82, 2.24) is 29.2 Å². The molecule has 0 radical (unpaired) electrons. The number of para-hydroxylation sites is 2. The van der Waals surface area contributed by atoms with Gasteiger partial charge in [-0.1, -0.05) is 48.5 Å². The summed E-state index contributed by atoms with van der Waals surface area (Å²) in [5.74, 6) is -3.48. The average molecular weight is 907 g/mol. The standard InChI is InChI=1S/C24H22FN5O3.C22H18FN5O3.Na.H2O/c1-2-33-21(31)13-16-6-3-4-7-19(16)27-24(32)22-20-8-5-11-30(20)29-23(28-22)17-12-15(14-26)9-10-18(17)25;23-16-8-7-13(12-24)10-15(16)21-26-20(18-6-3-9-28(18)27-21)22(31)25-17-5-2-1-4-14(17)11-19(29)30;;/h3-12H,2,13-14,26H2,1H3,(H,27,32);1-10H,11-12,24H2,(H,25,31)(H,29,30);;1H2/q;;+1;/p-1. The van der Waals surface area contributed by atoms with Gasteiger partial charge in [0.1, 0.15) is 11.6 Å². The molecular formula is C46H41F2N10NaO7. The number of aromatic nitrogens is 6. The number of carbonyl (C=O) groups is 4. The van der Waals surface area contributed by atoms with Crippen molar-refractivity contribution < 1.29 is 72.8 Å². The first kappa shape index (κ1) is 49.8. The second kappa shape index (κ2) is 22.6. The van der Waals surface area contributed by atoms with Gasteiger partial charge in [-0.05, 0) is 89.8 Å². The number of hydrogen-bond acceptors (Lipinski definition) is 12. The van der Waals surface area contributed by atoms with Crippen molar-refractivity contribution in [2.24, 2.45) is 11.5 Å². The second-order valence-corrected chi connectivity index (χ2v) is 14.1. The van der Waals surface area contributed by atoms with Gasteiger partial charge in [-0.25, -0.2) is 27.8 Å². The molecular weight excluding hydrogens is 866 g/mol. The summed E-state index contributed by atoms with van der Waals surface area (Å²) < 4.78 is 37.0. The Morgan fingerprint density at radius 2 is 1.09 bits per heavy atom. The van der Waals surface area contributed by atoms with Gasteiger partial charge in [-0.2, -0.15) is 0 Å². The Labute approximate surface area is 397 Å². The number of ether oxygens (including phenoxy) is 1. The summed E-state index contributed by atoms with van der Waals surface area (Å²) in [7, 11) is 0. The van der Waals surface area contributed by atoms with Crippen LogP contribution in [-0.2, 0) is 40.3 Å². The predicted octanol–water partition coefficient (Wildman–Crippen LogP) is 3.05. The Morgan fingerprint density at radius 3 is 1.52 bits per heavy atom. The van der Waals surface area contributed by atoms with Crippen LogP contribution in [0, 0.1) is 11.6 Å². The molecule has 17 nitrogen and oxygen atoms in total. The van der Waals surface area contributed by atoms with E-state index in [1.54, 1.807) is 116 Å². The number of aliphatic carboxylic acids is 1. The van der Waals surface area contributed by atoms with Crippen molar-refractivity contribution in [2.45, 2.75) is 32.9 Å². The van der Waals surface area contributed by atoms with E-state index in [1.807, 2.05) is 0 Å². The van der Waals surface area contributed by atoms with Gasteiger partial charge in [0, 0.05) is 36.9 Å². The zero-order valence-corrected chi connectivity index (χ0v) is 37.6. The number of carbonyl (C=O) groups excluding carboxylic acids is 3. The molecule has 0 aliphatic carbocycles. The number of nitrogens with one attached hydrogen (secondary N) is 2. The van der Waals surface area contributed by atoms with Crippen molar-refractivity contribution in [3.8, 4) is 22.8 Å². The molecule has 2 amide bonds. The van der Waals surface area contributed by atoms with E-state index in [0.717, 1.165) is 0 Å². The Morgan fingerprint density at radius 1 is 0.652 bits per heavy atom. The zero-order valence-electron chi connectivity index (χ0n) is 35.6. The maximum absolute atomic E-state index is 14.6. The van der Waals surface area contributed by atoms with E-state index in [4.69, 9.17) is 21.3 Å². The van der Waals surface area contributed by atoms with Crippen molar-refractivity contribution in [2.75, 3.05) is 17.2 Å². The van der Waals surface area contributed by atoms with E-state index in [-0.39, 0.29) is 102 Å². The summed E-state index contributed by atoms with van der Waals surface area (Å²) in [6.07, 6.45) is 3.04. The predicted molar refractivity (Wildman–Crippen MR) is 235 cm³/mol. The van der Waals surface area contributed by atoms with Crippen LogP contribution in [0.1, 0.15) is 50.2 Å². The van der Waals surface area contributed by atoms with Gasteiger partial charge < -0.3 is 37.4 Å². The Bertz CT molecular complexity index is 3050. The molecule has 8 N–H and O–H groups in total. The summed E-state index contributed by atoms with van der Waals surface area (Å²) in [4.78, 5) is 58.1. The van der Waals surface area contributed by atoms with E-state index in [2.05, 4.69) is 30.8 Å². The number of rotatable bonds is 13. The molecule has 0 saturated heterocycles. The van der Waals surface area contributed by atoms with E-state index in [0.29, 0.717) is 44.7 Å². The molecule has 66 heavy (non-hydrogen) atoms. The largest absolute Gasteiger partial charge is 1.00 e. The quantitative estimate of drug-likeness (QED) is 0.0824. The van der Waals surface area contributed by atoms with E-state index >= 15 is 0 Å². The molecule has 0 unspecified atom stereocenters. The number of halogens is 2. The molecule has 8 aromatic rings. The molecule has 8 rings (SSSR count). The van der Waals surface area contributed by atoms with Crippen LogP contribution in [-0.4, -0.2) is 70.1 Å². The minimum absolute atomic E-state index is 0. The first-order chi connectivity index (χ1) is 31.0. The average Bonchev–Trinajstić information content (AvgIpc) is 3.98. The second-order valence-electron chi connectivity index (χ2n) is 14.1. The smallest absolute Gasteiger partial charge is 0.870 e. The van der Waals surface area contributed by atoms with Gasteiger partial charge in [0.05, 0.1) is 41.6 Å². The van der Waals surface area contributed by atoms with Crippen LogP contribution < -0.4 is 51.7 Å². The molecule has 0 atom stereocenters. The summed E-state index contributed by atoms with van der Waals surface area (Å²) in [6.45, 7) is 2.44. The topological polar surface area (TPSA) is 264 Å². The number of amides is 2. The molecule has 0 bridgehead atoms. The van der Waals surface area contributed by atoms with Crippen LogP contribution in [0.5, 0.6) is 0 Å². The molecule has 332 valence electrons. The first-order valence-electron chi connectivity index (χ1n) is 19.8. The van der Waals surface area contributed by atoms with E-state index < -0.39 is 35.4 Å². The van der Waals surface area contributed by atoms with Gasteiger partial charge >= 0.3 is 41.5 Å². The maximum Gasteiger partial charge on any atom is 1.00 e. The fraction of sp³-hybridized carbons (Fsp3) is 0.130. The van der Waals surface area contributed by atoms with Crippen LogP contribution in [0.2, 0.25) is 0 Å². The number of carboxylic acid groups (broad SMARTS) is 1. The van der Waals surface area contributed by atoms with Crippen molar-refractivity contribution >= 4 is 46.2 Å². The summed E-state index contributed by atoms with van der Waals surface area (Å²) >= 11 is 0. The molecule has 0 spiro atoms. The Kier molecular flexibility index (Phi) is 17.0. The SMILES string of the molecule is CCOC(=O)Cc1ccccc1NC(=O)c1nc(-c2cc(CN)ccc2F)nn2cccc12.NCc1ccc(F)c(-c2nc(C(=O)Nc3ccccc3CC(=O)O)c3cccn3n2)c1.[Na+].[OH-]. The molecule has 20 heteroatoms. The van der Waals surface area contributed by atoms with Crippen LogP contribution >= 0.6 is 0 Å². The van der Waals surface area contributed by atoms with Gasteiger partial charge in [-0.15, -0.1) is 10.2 Å². The first-order valence-corrected chi connectivity index (χ1v) is 19.8. The summed E-state index contributed by atoms with van der Waals surface area (Å²) in [5, 5.41) is 23.3. The van der Waals surface area contributed by atoms with Crippen LogP contribution in [0.4, 0.5) is 20.2 Å². The van der Waals surface area contributed by atoms with Gasteiger partial charge in [0.15, 0.2) is 23.0 Å². The number of anilines is 2. The normalized spacial score (nSPS) is 10.6. The van der Waals surface area contributed by atoms with Gasteiger partial charge in [0.25, 0.3) is 11.8 Å². The zero-order chi connectivity index (χ0) is 45.3. The van der Waals surface area contributed by atoms with E-state index in [9.17, 15) is 28.0 Å².